The second-order valence-corrected chi connectivity index (χ2v) is 3.82. The molecule has 2 amide bonds. The molecule has 0 aromatic heterocycles. The number of hydrogen-bond donors (Lipinski definition) is 0. The molecule has 0 aromatic carbocycles. The van der Waals surface area contributed by atoms with E-state index in [1.54, 1.807) is 0 Å². The number of likely N-dealkylation sites (tertiary alicyclic amines) is 2. The molecule has 0 N–H and O–H groups in total. The quantitative estimate of drug-likeness (QED) is 0.469. The summed E-state index contributed by atoms with van der Waals surface area (Å²) in [7, 11) is 0. The van der Waals surface area contributed by atoms with Gasteiger partial charge in [0.2, 0.25) is 11.8 Å². The molecule has 0 spiro atoms. The fourth-order valence-electron chi connectivity index (χ4n) is 2.04. The van der Waals surface area contributed by atoms with Crippen LogP contribution in [0.4, 0.5) is 0 Å². The van der Waals surface area contributed by atoms with Crippen LogP contribution in [-0.4, -0.2) is 47.3 Å². The summed E-state index contributed by atoms with van der Waals surface area (Å²) >= 11 is 0. The first-order valence-corrected chi connectivity index (χ1v) is 4.90. The van der Waals surface area contributed by atoms with Gasteiger partial charge in [-0.2, -0.15) is 0 Å². The Balaban J connectivity index is 1.89. The first-order chi connectivity index (χ1) is 6.72. The summed E-state index contributed by atoms with van der Waals surface area (Å²) in [4.78, 5) is 26.3. The number of hydrogen-bond acceptors (Lipinski definition) is 3. The van der Waals surface area contributed by atoms with Gasteiger partial charge in [0.15, 0.2) is 0 Å². The van der Waals surface area contributed by atoms with E-state index in [0.717, 1.165) is 19.6 Å². The van der Waals surface area contributed by atoms with Crippen molar-refractivity contribution in [2.45, 2.75) is 18.9 Å². The Morgan fingerprint density at radius 1 is 1.29 bits per heavy atom. The summed E-state index contributed by atoms with van der Waals surface area (Å²) in [5, 5.41) is 0. The van der Waals surface area contributed by atoms with Gasteiger partial charge in [0.1, 0.15) is 0 Å². The Kier molecular flexibility index (Phi) is 2.37. The van der Waals surface area contributed by atoms with E-state index < -0.39 is 0 Å². The lowest BCUT2D eigenvalue weighted by Gasteiger charge is -2.42. The third kappa shape index (κ3) is 1.46. The maximum Gasteiger partial charge on any atom is 0.230 e. The van der Waals surface area contributed by atoms with E-state index in [-0.39, 0.29) is 17.9 Å². The highest BCUT2D eigenvalue weighted by atomic mass is 16.2. The molecule has 2 aliphatic rings. The van der Waals surface area contributed by atoms with Gasteiger partial charge in [-0.15, -0.1) is 6.58 Å². The molecule has 0 aliphatic carbocycles. The number of amides is 2. The molecular weight excluding hydrogens is 180 g/mol. The van der Waals surface area contributed by atoms with E-state index in [4.69, 9.17) is 0 Å². The summed E-state index contributed by atoms with van der Waals surface area (Å²) in [6.45, 7) is 6.10. The van der Waals surface area contributed by atoms with E-state index >= 15 is 0 Å². The minimum absolute atomic E-state index is 0.00162. The van der Waals surface area contributed by atoms with Crippen LogP contribution in [0.5, 0.6) is 0 Å². The molecule has 4 nitrogen and oxygen atoms in total. The third-order valence-corrected chi connectivity index (χ3v) is 2.78. The Labute approximate surface area is 83.2 Å². The highest BCUT2D eigenvalue weighted by Crippen LogP contribution is 2.21. The second kappa shape index (κ2) is 3.53. The molecule has 2 rings (SSSR count). The Bertz CT molecular complexity index is 266. The van der Waals surface area contributed by atoms with E-state index in [0.29, 0.717) is 12.8 Å². The molecule has 76 valence electrons. The highest BCUT2D eigenvalue weighted by Gasteiger charge is 2.40. The van der Waals surface area contributed by atoms with Crippen LogP contribution in [0.25, 0.3) is 0 Å². The molecule has 14 heavy (non-hydrogen) atoms. The van der Waals surface area contributed by atoms with Crippen molar-refractivity contribution < 1.29 is 9.59 Å². The van der Waals surface area contributed by atoms with Crippen molar-refractivity contribution in [3.8, 4) is 0 Å². The highest BCUT2D eigenvalue weighted by molar-refractivity contribution is 6.02. The largest absolute Gasteiger partial charge is 0.295 e. The summed E-state index contributed by atoms with van der Waals surface area (Å²) in [6, 6.07) is 0.123. The molecule has 4 heteroatoms. The van der Waals surface area contributed by atoms with Gasteiger partial charge in [-0.1, -0.05) is 6.08 Å². The van der Waals surface area contributed by atoms with Crippen LogP contribution in [0, 0.1) is 0 Å². The van der Waals surface area contributed by atoms with Crippen LogP contribution in [0.15, 0.2) is 12.7 Å². The summed E-state index contributed by atoms with van der Waals surface area (Å²) < 4.78 is 0. The van der Waals surface area contributed by atoms with Crippen molar-refractivity contribution in [1.29, 1.82) is 0 Å². The predicted octanol–water partition coefficient (Wildman–Crippen LogP) is 0.00560. The van der Waals surface area contributed by atoms with Crippen molar-refractivity contribution in [1.82, 2.24) is 9.80 Å². The lowest BCUT2D eigenvalue weighted by molar-refractivity contribution is -0.144. The average Bonchev–Trinajstić information content (AvgIpc) is 2.40. The van der Waals surface area contributed by atoms with Gasteiger partial charge in [0.25, 0.3) is 0 Å². The molecule has 0 bridgehead atoms. The van der Waals surface area contributed by atoms with Crippen LogP contribution in [0.2, 0.25) is 0 Å². The van der Waals surface area contributed by atoms with Gasteiger partial charge >= 0.3 is 0 Å². The zero-order valence-corrected chi connectivity index (χ0v) is 8.11. The standard InChI is InChI=1S/C10H14N2O2/c1-2-5-11-6-8(7-11)12-9(13)3-4-10(12)14/h2,8H,1,3-7H2. The van der Waals surface area contributed by atoms with Crippen molar-refractivity contribution >= 4 is 11.8 Å². The predicted molar refractivity (Wildman–Crippen MR) is 51.5 cm³/mol. The topological polar surface area (TPSA) is 40.6 Å². The molecule has 2 aliphatic heterocycles. The van der Waals surface area contributed by atoms with E-state index in [2.05, 4.69) is 11.5 Å². The number of carbonyl (C=O) groups excluding carboxylic acids is 2. The SMILES string of the molecule is C=CCN1CC(N2C(=O)CCC2=O)C1. The molecule has 0 unspecified atom stereocenters. The van der Waals surface area contributed by atoms with E-state index in [9.17, 15) is 9.59 Å². The Morgan fingerprint density at radius 3 is 2.36 bits per heavy atom. The van der Waals surface area contributed by atoms with Gasteiger partial charge in [-0.3, -0.25) is 19.4 Å². The Morgan fingerprint density at radius 2 is 1.86 bits per heavy atom. The molecule has 0 aromatic rings. The molecule has 0 radical (unpaired) electrons. The lowest BCUT2D eigenvalue weighted by atomic mass is 10.1. The molecule has 2 fully saturated rings. The smallest absolute Gasteiger partial charge is 0.230 e. The summed E-state index contributed by atoms with van der Waals surface area (Å²) in [6.07, 6.45) is 2.64. The van der Waals surface area contributed by atoms with Crippen LogP contribution in [0.3, 0.4) is 0 Å². The van der Waals surface area contributed by atoms with Crippen molar-refractivity contribution in [2.24, 2.45) is 0 Å². The number of imide groups is 1. The van der Waals surface area contributed by atoms with Crippen LogP contribution in [-0.2, 0) is 9.59 Å². The van der Waals surface area contributed by atoms with Gasteiger partial charge < -0.3 is 0 Å². The first-order valence-electron chi connectivity index (χ1n) is 4.90. The molecule has 0 atom stereocenters. The van der Waals surface area contributed by atoms with E-state index in [1.165, 1.54) is 4.90 Å². The van der Waals surface area contributed by atoms with Crippen molar-refractivity contribution in [3.63, 3.8) is 0 Å². The summed E-state index contributed by atoms with van der Waals surface area (Å²) in [5.41, 5.74) is 0. The van der Waals surface area contributed by atoms with Crippen molar-refractivity contribution in [2.75, 3.05) is 19.6 Å². The van der Waals surface area contributed by atoms with Gasteiger partial charge in [0, 0.05) is 32.5 Å². The number of nitrogens with zero attached hydrogens (tertiary/aromatic N) is 2. The maximum atomic E-state index is 11.3. The lowest BCUT2D eigenvalue weighted by Crippen LogP contribution is -2.60. The monoisotopic (exact) mass is 194 g/mol. The maximum absolute atomic E-state index is 11.3. The second-order valence-electron chi connectivity index (χ2n) is 3.82. The summed E-state index contributed by atoms with van der Waals surface area (Å²) in [5.74, 6) is -0.00324. The number of carbonyl (C=O) groups is 2. The first kappa shape index (κ1) is 9.40. The van der Waals surface area contributed by atoms with Gasteiger partial charge in [-0.25, -0.2) is 0 Å². The third-order valence-electron chi connectivity index (χ3n) is 2.78. The fraction of sp³-hybridized carbons (Fsp3) is 0.600. The fourth-order valence-corrected chi connectivity index (χ4v) is 2.04. The van der Waals surface area contributed by atoms with Crippen LogP contribution < -0.4 is 0 Å². The molecule has 2 heterocycles. The number of rotatable bonds is 3. The molecular formula is C10H14N2O2. The minimum atomic E-state index is -0.00162. The van der Waals surface area contributed by atoms with Crippen LogP contribution in [0.1, 0.15) is 12.8 Å². The van der Waals surface area contributed by atoms with Gasteiger partial charge in [-0.05, 0) is 0 Å². The molecule has 0 saturated carbocycles. The minimum Gasteiger partial charge on any atom is -0.295 e. The Hall–Kier alpha value is -1.16. The average molecular weight is 194 g/mol. The van der Waals surface area contributed by atoms with Gasteiger partial charge in [0.05, 0.1) is 6.04 Å². The molecule has 2 saturated heterocycles. The normalized spacial score (nSPS) is 24.1. The zero-order chi connectivity index (χ0) is 10.1. The van der Waals surface area contributed by atoms with Crippen molar-refractivity contribution in [3.05, 3.63) is 12.7 Å². The zero-order valence-electron chi connectivity index (χ0n) is 8.11. The van der Waals surface area contributed by atoms with E-state index in [1.807, 2.05) is 6.08 Å². The van der Waals surface area contributed by atoms with Crippen LogP contribution >= 0.6 is 0 Å².